The molecule has 0 amide bonds. The van der Waals surface area contributed by atoms with Gasteiger partial charge in [-0.15, -0.1) is 11.3 Å². The van der Waals surface area contributed by atoms with E-state index in [2.05, 4.69) is 11.4 Å². The number of hydrogen-bond donors (Lipinski definition) is 3. The largest absolute Gasteiger partial charge is 0.460 e. The summed E-state index contributed by atoms with van der Waals surface area (Å²) in [5, 5.41) is 25.0. The topological polar surface area (TPSA) is 85.7 Å². The molecular weight excluding hydrogens is 410 g/mol. The van der Waals surface area contributed by atoms with Crippen LogP contribution in [0, 0.1) is 11.3 Å². The van der Waals surface area contributed by atoms with Crippen LogP contribution in [0.1, 0.15) is 49.0 Å². The van der Waals surface area contributed by atoms with E-state index >= 15 is 0 Å². The van der Waals surface area contributed by atoms with Gasteiger partial charge >= 0.3 is 5.97 Å². The summed E-state index contributed by atoms with van der Waals surface area (Å²) in [6, 6.07) is 13.3. The van der Waals surface area contributed by atoms with E-state index in [1.165, 1.54) is 4.88 Å². The molecule has 6 nitrogen and oxygen atoms in total. The molecule has 4 rings (SSSR count). The molecule has 0 unspecified atom stereocenters. The van der Waals surface area contributed by atoms with Crippen molar-refractivity contribution in [1.29, 1.82) is 5.41 Å². The number of nitrogens with one attached hydrogen (secondary N) is 2. The molecule has 0 bridgehead atoms. The number of carbonyl (C=O) groups excluding carboxylic acids is 1. The Kier molecular flexibility index (Phi) is 6.92. The molecular formula is C24H31N3O3S. The summed E-state index contributed by atoms with van der Waals surface area (Å²) >= 11 is 1.67. The van der Waals surface area contributed by atoms with Crippen LogP contribution in [0.2, 0.25) is 0 Å². The molecule has 0 radical (unpaired) electrons. The number of benzene rings is 1. The first kappa shape index (κ1) is 21.8. The minimum Gasteiger partial charge on any atom is -0.460 e. The number of thiophene rings is 1. The number of nitrogens with zero attached hydrogens (tertiary/aromatic N) is 1. The maximum absolute atomic E-state index is 13.2. The van der Waals surface area contributed by atoms with Crippen molar-refractivity contribution in [2.45, 2.75) is 56.8 Å². The van der Waals surface area contributed by atoms with Crippen molar-refractivity contribution >= 4 is 23.3 Å². The molecule has 2 aromatic rings. The monoisotopic (exact) mass is 441 g/mol. The first-order valence-corrected chi connectivity index (χ1v) is 12.0. The summed E-state index contributed by atoms with van der Waals surface area (Å²) in [6.07, 6.45) is 4.83. The number of likely N-dealkylation sites (tertiary alicyclic amines) is 1. The van der Waals surface area contributed by atoms with Gasteiger partial charge in [-0.25, -0.2) is 4.79 Å². The first-order valence-electron chi connectivity index (χ1n) is 11.2. The van der Waals surface area contributed by atoms with Crippen LogP contribution in [0.5, 0.6) is 0 Å². The molecule has 166 valence electrons. The van der Waals surface area contributed by atoms with E-state index in [0.717, 1.165) is 25.7 Å². The second-order valence-corrected chi connectivity index (χ2v) is 9.52. The molecule has 1 aromatic heterocycles. The zero-order chi connectivity index (χ0) is 21.7. The van der Waals surface area contributed by atoms with Crippen LogP contribution in [-0.2, 0) is 21.7 Å². The average molecular weight is 442 g/mol. The smallest absolute Gasteiger partial charge is 0.343 e. The first-order chi connectivity index (χ1) is 15.1. The third kappa shape index (κ3) is 4.93. The Labute approximate surface area is 187 Å². The molecule has 1 aromatic carbocycles. The highest BCUT2D eigenvalue weighted by Gasteiger charge is 2.48. The van der Waals surface area contributed by atoms with Crippen LogP contribution >= 0.6 is 11.3 Å². The van der Waals surface area contributed by atoms with Gasteiger partial charge in [0.1, 0.15) is 6.10 Å². The molecule has 2 fully saturated rings. The van der Waals surface area contributed by atoms with E-state index in [1.807, 2.05) is 46.7 Å². The van der Waals surface area contributed by atoms with Gasteiger partial charge in [0.2, 0.25) is 0 Å². The molecule has 2 aliphatic rings. The van der Waals surface area contributed by atoms with E-state index in [-0.39, 0.29) is 12.0 Å². The van der Waals surface area contributed by atoms with E-state index in [9.17, 15) is 9.90 Å². The Hall–Kier alpha value is -2.38. The third-order valence-electron chi connectivity index (χ3n) is 6.51. The van der Waals surface area contributed by atoms with Crippen molar-refractivity contribution in [3.8, 4) is 0 Å². The minimum absolute atomic E-state index is 0.0999. The number of guanidine groups is 1. The number of esters is 1. The van der Waals surface area contributed by atoms with Crippen molar-refractivity contribution in [2.75, 3.05) is 13.1 Å². The molecule has 1 atom stereocenters. The molecule has 2 heterocycles. The van der Waals surface area contributed by atoms with Gasteiger partial charge in [0.05, 0.1) is 6.54 Å². The zero-order valence-electron chi connectivity index (χ0n) is 17.8. The van der Waals surface area contributed by atoms with Gasteiger partial charge in [0.25, 0.3) is 0 Å². The Morgan fingerprint density at radius 3 is 2.48 bits per heavy atom. The maximum Gasteiger partial charge on any atom is 0.343 e. The summed E-state index contributed by atoms with van der Waals surface area (Å²) in [7, 11) is 0. The molecule has 1 saturated heterocycles. The Balaban J connectivity index is 1.33. The van der Waals surface area contributed by atoms with Crippen LogP contribution in [0.4, 0.5) is 0 Å². The molecule has 1 aliphatic carbocycles. The molecule has 3 N–H and O–H groups in total. The summed E-state index contributed by atoms with van der Waals surface area (Å²) in [5.41, 5.74) is -0.951. The van der Waals surface area contributed by atoms with E-state index in [1.54, 1.807) is 11.3 Å². The van der Waals surface area contributed by atoms with Gasteiger partial charge in [-0.3, -0.25) is 5.41 Å². The number of piperidine rings is 1. The Morgan fingerprint density at radius 2 is 1.84 bits per heavy atom. The van der Waals surface area contributed by atoms with Crippen LogP contribution < -0.4 is 5.32 Å². The summed E-state index contributed by atoms with van der Waals surface area (Å²) in [4.78, 5) is 16.4. The Morgan fingerprint density at radius 1 is 1.13 bits per heavy atom. The summed E-state index contributed by atoms with van der Waals surface area (Å²) < 4.78 is 5.87. The quantitative estimate of drug-likeness (QED) is 0.360. The highest BCUT2D eigenvalue weighted by molar-refractivity contribution is 7.09. The second kappa shape index (κ2) is 9.83. The van der Waals surface area contributed by atoms with Crippen LogP contribution in [0.3, 0.4) is 0 Å². The van der Waals surface area contributed by atoms with Gasteiger partial charge in [0.15, 0.2) is 11.6 Å². The lowest BCUT2D eigenvalue weighted by molar-refractivity contribution is -0.181. The normalized spacial score (nSPS) is 19.7. The van der Waals surface area contributed by atoms with Gasteiger partial charge in [0, 0.05) is 36.7 Å². The number of aliphatic hydroxyl groups is 1. The molecule has 1 aliphatic heterocycles. The van der Waals surface area contributed by atoms with Crippen molar-refractivity contribution in [3.05, 3.63) is 58.3 Å². The lowest BCUT2D eigenvalue weighted by Crippen LogP contribution is -2.49. The summed E-state index contributed by atoms with van der Waals surface area (Å²) in [5.74, 6) is -0.211. The van der Waals surface area contributed by atoms with Crippen LogP contribution in [0.15, 0.2) is 47.8 Å². The maximum atomic E-state index is 13.2. The predicted molar refractivity (Wildman–Crippen MR) is 122 cm³/mol. The number of carbonyl (C=O) groups is 1. The van der Waals surface area contributed by atoms with E-state index in [4.69, 9.17) is 10.1 Å². The predicted octanol–water partition coefficient (Wildman–Crippen LogP) is 3.86. The fourth-order valence-electron chi connectivity index (χ4n) is 4.69. The summed E-state index contributed by atoms with van der Waals surface area (Å²) in [6.45, 7) is 1.96. The minimum atomic E-state index is -1.58. The van der Waals surface area contributed by atoms with Crippen LogP contribution in [-0.4, -0.2) is 41.1 Å². The number of hydrogen-bond acceptors (Lipinski definition) is 5. The highest BCUT2D eigenvalue weighted by atomic mass is 32.1. The lowest BCUT2D eigenvalue weighted by Gasteiger charge is -2.37. The SMILES string of the molecule is N=C(NCc1cccs1)N1CCC(OC(=O)[C@](O)(c2ccccc2)C2CCCC2)CC1. The van der Waals surface area contributed by atoms with Crippen molar-refractivity contribution in [3.63, 3.8) is 0 Å². The second-order valence-electron chi connectivity index (χ2n) is 8.49. The fraction of sp³-hybridized carbons (Fsp3) is 0.500. The van der Waals surface area contributed by atoms with Crippen molar-refractivity contribution < 1.29 is 14.6 Å². The van der Waals surface area contributed by atoms with Gasteiger partial charge < -0.3 is 20.1 Å². The third-order valence-corrected chi connectivity index (χ3v) is 7.39. The van der Waals surface area contributed by atoms with Crippen molar-refractivity contribution in [1.82, 2.24) is 10.2 Å². The number of ether oxygens (including phenoxy) is 1. The van der Waals surface area contributed by atoms with Gasteiger partial charge in [-0.1, -0.05) is 49.2 Å². The average Bonchev–Trinajstić information content (AvgIpc) is 3.52. The van der Waals surface area contributed by atoms with Gasteiger partial charge in [-0.2, -0.15) is 0 Å². The molecule has 31 heavy (non-hydrogen) atoms. The Bertz CT molecular complexity index is 859. The van der Waals surface area contributed by atoms with E-state index < -0.39 is 11.6 Å². The fourth-order valence-corrected chi connectivity index (χ4v) is 5.33. The molecule has 0 spiro atoms. The lowest BCUT2D eigenvalue weighted by atomic mass is 9.80. The number of rotatable bonds is 6. The van der Waals surface area contributed by atoms with Crippen LogP contribution in [0.25, 0.3) is 0 Å². The van der Waals surface area contributed by atoms with Gasteiger partial charge in [-0.05, 0) is 29.9 Å². The highest BCUT2D eigenvalue weighted by Crippen LogP contribution is 2.42. The van der Waals surface area contributed by atoms with Crippen molar-refractivity contribution in [2.24, 2.45) is 5.92 Å². The standard InChI is InChI=1S/C24H31N3O3S/c25-23(26-17-21-11-6-16-31-21)27-14-12-20(13-15-27)30-22(28)24(29,19-9-4-5-10-19)18-7-2-1-3-8-18/h1-3,6-8,11,16,19-20,29H,4-5,9-10,12-15,17H2,(H2,25,26)/t24-/m0/s1. The van der Waals surface area contributed by atoms with E-state index in [0.29, 0.717) is 44.0 Å². The zero-order valence-corrected chi connectivity index (χ0v) is 18.6. The molecule has 7 heteroatoms. The molecule has 1 saturated carbocycles.